The fourth-order valence-corrected chi connectivity index (χ4v) is 4.60. The molecule has 2 aromatic carbocycles. The van der Waals surface area contributed by atoms with Crippen LogP contribution in [0.15, 0.2) is 97.3 Å². The van der Waals surface area contributed by atoms with Gasteiger partial charge in [0.15, 0.2) is 0 Å². The molecule has 4 aromatic rings. The number of benzene rings is 2. The largest absolute Gasteiger partial charge is 0.457 e. The van der Waals surface area contributed by atoms with E-state index in [0.717, 1.165) is 36.8 Å². The Morgan fingerprint density at radius 1 is 0.781 bits per heavy atom. The van der Waals surface area contributed by atoms with Crippen LogP contribution < -0.4 is 4.74 Å². The summed E-state index contributed by atoms with van der Waals surface area (Å²) in [5.41, 5.74) is 3.64. The molecule has 1 saturated heterocycles. The molecule has 0 amide bonds. The molecule has 1 atom stereocenters. The maximum Gasteiger partial charge on any atom is 0.127 e. The first kappa shape index (κ1) is 20.5. The summed E-state index contributed by atoms with van der Waals surface area (Å²) < 4.78 is 8.50. The highest BCUT2D eigenvalue weighted by Gasteiger charge is 2.26. The molecule has 1 fully saturated rings. The molecular weight excluding hydrogens is 394 g/mol. The van der Waals surface area contributed by atoms with E-state index in [-0.39, 0.29) is 6.04 Å². The van der Waals surface area contributed by atoms with Crippen molar-refractivity contribution in [3.8, 4) is 11.5 Å². The number of para-hydroxylation sites is 1. The summed E-state index contributed by atoms with van der Waals surface area (Å²) in [4.78, 5) is 7.17. The van der Waals surface area contributed by atoms with Gasteiger partial charge in [-0.3, -0.25) is 9.88 Å². The van der Waals surface area contributed by atoms with Crippen LogP contribution in [0.5, 0.6) is 11.5 Å². The van der Waals surface area contributed by atoms with E-state index in [1.807, 2.05) is 48.7 Å². The zero-order valence-corrected chi connectivity index (χ0v) is 18.3. The Labute approximate surface area is 190 Å². The molecule has 0 radical (unpaired) electrons. The molecule has 162 valence electrons. The second-order valence-corrected chi connectivity index (χ2v) is 8.37. The summed E-state index contributed by atoms with van der Waals surface area (Å²) in [5, 5.41) is 0. The van der Waals surface area contributed by atoms with E-state index >= 15 is 0 Å². The van der Waals surface area contributed by atoms with Crippen LogP contribution >= 0.6 is 0 Å². The lowest BCUT2D eigenvalue weighted by Crippen LogP contribution is -2.35. The van der Waals surface area contributed by atoms with Crippen molar-refractivity contribution in [3.63, 3.8) is 0 Å². The summed E-state index contributed by atoms with van der Waals surface area (Å²) in [5.74, 6) is 1.73. The lowest BCUT2D eigenvalue weighted by Gasteiger charge is -2.35. The molecule has 0 spiro atoms. The van der Waals surface area contributed by atoms with Crippen LogP contribution in [0.1, 0.15) is 42.3 Å². The van der Waals surface area contributed by atoms with Gasteiger partial charge in [-0.05, 0) is 80.0 Å². The van der Waals surface area contributed by atoms with E-state index in [1.54, 1.807) is 0 Å². The summed E-state index contributed by atoms with van der Waals surface area (Å²) >= 11 is 0. The Hall–Kier alpha value is -3.37. The highest BCUT2D eigenvalue weighted by Crippen LogP contribution is 2.34. The van der Waals surface area contributed by atoms with Gasteiger partial charge in [0, 0.05) is 18.1 Å². The predicted molar refractivity (Wildman–Crippen MR) is 128 cm³/mol. The van der Waals surface area contributed by atoms with Crippen LogP contribution in [0.4, 0.5) is 0 Å². The van der Waals surface area contributed by atoms with Gasteiger partial charge in [0.1, 0.15) is 11.5 Å². The van der Waals surface area contributed by atoms with Gasteiger partial charge < -0.3 is 9.30 Å². The predicted octanol–water partition coefficient (Wildman–Crippen LogP) is 6.30. The van der Waals surface area contributed by atoms with Gasteiger partial charge in [-0.15, -0.1) is 0 Å². The first-order chi connectivity index (χ1) is 15.9. The van der Waals surface area contributed by atoms with E-state index in [0.29, 0.717) is 0 Å². The van der Waals surface area contributed by atoms with Crippen LogP contribution in [0, 0.1) is 0 Å². The molecule has 1 unspecified atom stereocenters. The van der Waals surface area contributed by atoms with E-state index < -0.39 is 0 Å². The normalized spacial score (nSPS) is 15.4. The minimum atomic E-state index is 0.188. The van der Waals surface area contributed by atoms with Gasteiger partial charge in [-0.1, -0.05) is 42.8 Å². The lowest BCUT2D eigenvalue weighted by molar-refractivity contribution is 0.182. The molecule has 0 N–H and O–H groups in total. The summed E-state index contributed by atoms with van der Waals surface area (Å²) in [6.07, 6.45) is 7.85. The number of piperidine rings is 1. The maximum atomic E-state index is 6.16. The molecule has 3 heterocycles. The van der Waals surface area contributed by atoms with E-state index in [4.69, 9.17) is 4.74 Å². The number of aromatic nitrogens is 2. The molecule has 0 aliphatic carbocycles. The second kappa shape index (κ2) is 9.84. The number of ether oxygens (including phenoxy) is 1. The first-order valence-corrected chi connectivity index (χ1v) is 11.5. The molecule has 5 rings (SSSR count). The standard InChI is InChI=1S/C28H29N3O/c1-3-13-25(14-4-1)32-26-15-9-11-23(21-26)28(30-18-7-2-8-19-30)27-16-10-20-31(27)22-24-12-5-6-17-29-24/h1,3-6,9-17,20-21,28H,2,7-8,18-19,22H2. The van der Waals surface area contributed by atoms with Crippen molar-refractivity contribution in [2.45, 2.75) is 31.8 Å². The monoisotopic (exact) mass is 423 g/mol. The van der Waals surface area contributed by atoms with E-state index in [9.17, 15) is 0 Å². The van der Waals surface area contributed by atoms with Crippen molar-refractivity contribution in [2.75, 3.05) is 13.1 Å². The number of hydrogen-bond acceptors (Lipinski definition) is 3. The molecule has 4 nitrogen and oxygen atoms in total. The summed E-state index contributed by atoms with van der Waals surface area (Å²) in [6, 6.07) is 29.3. The Morgan fingerprint density at radius 3 is 2.41 bits per heavy atom. The molecule has 0 saturated carbocycles. The Morgan fingerprint density at radius 2 is 1.59 bits per heavy atom. The van der Waals surface area contributed by atoms with Crippen molar-refractivity contribution in [1.29, 1.82) is 0 Å². The molecule has 32 heavy (non-hydrogen) atoms. The quantitative estimate of drug-likeness (QED) is 0.349. The average Bonchev–Trinajstić information content (AvgIpc) is 3.29. The van der Waals surface area contributed by atoms with E-state index in [2.05, 4.69) is 63.1 Å². The highest BCUT2D eigenvalue weighted by molar-refractivity contribution is 5.38. The smallest absolute Gasteiger partial charge is 0.127 e. The summed E-state index contributed by atoms with van der Waals surface area (Å²) in [7, 11) is 0. The minimum Gasteiger partial charge on any atom is -0.457 e. The van der Waals surface area contributed by atoms with Gasteiger partial charge in [-0.25, -0.2) is 0 Å². The molecular formula is C28H29N3O. The van der Waals surface area contributed by atoms with Crippen LogP contribution in [0.25, 0.3) is 0 Å². The van der Waals surface area contributed by atoms with Gasteiger partial charge in [0.2, 0.25) is 0 Å². The van der Waals surface area contributed by atoms with Crippen molar-refractivity contribution in [1.82, 2.24) is 14.5 Å². The number of nitrogens with zero attached hydrogens (tertiary/aromatic N) is 3. The minimum absolute atomic E-state index is 0.188. The Balaban J connectivity index is 1.49. The fraction of sp³-hybridized carbons (Fsp3) is 0.250. The molecule has 1 aliphatic rings. The van der Waals surface area contributed by atoms with Crippen molar-refractivity contribution >= 4 is 0 Å². The number of pyridine rings is 1. The molecule has 1 aliphatic heterocycles. The maximum absolute atomic E-state index is 6.16. The van der Waals surface area contributed by atoms with Gasteiger partial charge in [0.25, 0.3) is 0 Å². The lowest BCUT2D eigenvalue weighted by atomic mass is 9.98. The third-order valence-corrected chi connectivity index (χ3v) is 6.11. The molecule has 4 heteroatoms. The first-order valence-electron chi connectivity index (χ1n) is 11.5. The summed E-state index contributed by atoms with van der Waals surface area (Å²) in [6.45, 7) is 3.00. The third kappa shape index (κ3) is 4.76. The average molecular weight is 424 g/mol. The number of rotatable bonds is 7. The number of hydrogen-bond donors (Lipinski definition) is 0. The van der Waals surface area contributed by atoms with Gasteiger partial charge in [-0.2, -0.15) is 0 Å². The topological polar surface area (TPSA) is 30.3 Å². The number of likely N-dealkylation sites (tertiary alicyclic amines) is 1. The zero-order valence-electron chi connectivity index (χ0n) is 18.3. The van der Waals surface area contributed by atoms with Crippen LogP contribution in [-0.2, 0) is 6.54 Å². The molecule has 0 bridgehead atoms. The van der Waals surface area contributed by atoms with Crippen LogP contribution in [0.3, 0.4) is 0 Å². The fourth-order valence-electron chi connectivity index (χ4n) is 4.60. The third-order valence-electron chi connectivity index (χ3n) is 6.11. The zero-order chi connectivity index (χ0) is 21.6. The van der Waals surface area contributed by atoms with Crippen molar-refractivity contribution < 1.29 is 4.74 Å². The molecule has 2 aromatic heterocycles. The van der Waals surface area contributed by atoms with Gasteiger partial charge >= 0.3 is 0 Å². The Bertz CT molecular complexity index is 1120. The van der Waals surface area contributed by atoms with Crippen molar-refractivity contribution in [3.05, 3.63) is 114 Å². The van der Waals surface area contributed by atoms with E-state index in [1.165, 1.54) is 30.5 Å². The van der Waals surface area contributed by atoms with Crippen molar-refractivity contribution in [2.24, 2.45) is 0 Å². The Kier molecular flexibility index (Phi) is 6.31. The van der Waals surface area contributed by atoms with Gasteiger partial charge in [0.05, 0.1) is 18.3 Å². The second-order valence-electron chi connectivity index (χ2n) is 8.37. The van der Waals surface area contributed by atoms with Crippen LogP contribution in [0.2, 0.25) is 0 Å². The SMILES string of the molecule is c1ccc(Oc2cccc(C(c3cccn3Cc3ccccn3)N3CCCCC3)c2)cc1. The van der Waals surface area contributed by atoms with Crippen LogP contribution in [-0.4, -0.2) is 27.5 Å². The highest BCUT2D eigenvalue weighted by atomic mass is 16.5.